The summed E-state index contributed by atoms with van der Waals surface area (Å²) in [6.45, 7) is 0. The molecule has 0 amide bonds. The topological polar surface area (TPSA) is 70.1 Å². The molecule has 0 saturated carbocycles. The van der Waals surface area contributed by atoms with Crippen molar-refractivity contribution in [3.8, 4) is 0 Å². The second kappa shape index (κ2) is 2.06. The average Bonchev–Trinajstić information content (AvgIpc) is 2.66. The van der Waals surface area contributed by atoms with Crippen LogP contribution >= 0.6 is 0 Å². The van der Waals surface area contributed by atoms with Gasteiger partial charge in [-0.05, 0) is 6.08 Å². The van der Waals surface area contributed by atoms with E-state index >= 15 is 0 Å². The van der Waals surface area contributed by atoms with Crippen LogP contribution in [0.2, 0.25) is 0 Å². The second-order valence-electron chi connectivity index (χ2n) is 2.83. The summed E-state index contributed by atoms with van der Waals surface area (Å²) >= 11 is 0. The summed E-state index contributed by atoms with van der Waals surface area (Å²) in [4.78, 5) is 10.4. The van der Waals surface area contributed by atoms with Gasteiger partial charge >= 0.3 is 5.97 Å². The van der Waals surface area contributed by atoms with E-state index in [2.05, 4.69) is 0 Å². The molecule has 3 atom stereocenters. The highest BCUT2D eigenvalue weighted by atomic mass is 16.6. The van der Waals surface area contributed by atoms with Crippen molar-refractivity contribution in [3.05, 3.63) is 11.6 Å². The van der Waals surface area contributed by atoms with Crippen LogP contribution in [-0.4, -0.2) is 34.5 Å². The van der Waals surface area contributed by atoms with E-state index in [0.717, 1.165) is 0 Å². The lowest BCUT2D eigenvalue weighted by molar-refractivity contribution is -0.133. The minimum atomic E-state index is -0.960. The van der Waals surface area contributed by atoms with Crippen molar-refractivity contribution in [2.45, 2.75) is 24.7 Å². The standard InChI is InChI=1S/C7H8O4/c8-4-1-3(7(9)10)2-5-6(4)11-5/h2,4-6,8H,1H2,(H,9,10). The van der Waals surface area contributed by atoms with Crippen LogP contribution < -0.4 is 0 Å². The quantitative estimate of drug-likeness (QED) is 0.503. The van der Waals surface area contributed by atoms with Crippen LogP contribution in [0.3, 0.4) is 0 Å². The molecule has 1 aliphatic heterocycles. The number of carboxylic acid groups (broad SMARTS) is 1. The minimum Gasteiger partial charge on any atom is -0.478 e. The second-order valence-corrected chi connectivity index (χ2v) is 2.83. The first kappa shape index (κ1) is 6.82. The molecule has 1 saturated heterocycles. The highest BCUT2D eigenvalue weighted by molar-refractivity contribution is 5.87. The highest BCUT2D eigenvalue weighted by Crippen LogP contribution is 2.35. The van der Waals surface area contributed by atoms with Crippen LogP contribution in [0.4, 0.5) is 0 Å². The maximum atomic E-state index is 10.4. The van der Waals surface area contributed by atoms with Gasteiger partial charge in [-0.3, -0.25) is 0 Å². The molecule has 2 N–H and O–H groups in total. The summed E-state index contributed by atoms with van der Waals surface area (Å²) in [6.07, 6.45) is 0.856. The number of fused-ring (bicyclic) bond motifs is 1. The predicted octanol–water partition coefficient (Wildman–Crippen LogP) is -0.471. The van der Waals surface area contributed by atoms with Crippen LogP contribution in [0.25, 0.3) is 0 Å². The number of epoxide rings is 1. The first-order valence-electron chi connectivity index (χ1n) is 3.46. The van der Waals surface area contributed by atoms with E-state index in [1.807, 2.05) is 0 Å². The van der Waals surface area contributed by atoms with Crippen molar-refractivity contribution in [3.63, 3.8) is 0 Å². The third kappa shape index (κ3) is 1.04. The molecule has 2 aliphatic rings. The van der Waals surface area contributed by atoms with E-state index < -0.39 is 12.1 Å². The van der Waals surface area contributed by atoms with E-state index in [0.29, 0.717) is 0 Å². The molecule has 1 fully saturated rings. The van der Waals surface area contributed by atoms with Crippen LogP contribution in [0, 0.1) is 0 Å². The number of ether oxygens (including phenoxy) is 1. The lowest BCUT2D eigenvalue weighted by Gasteiger charge is -2.10. The Morgan fingerprint density at radius 2 is 2.45 bits per heavy atom. The van der Waals surface area contributed by atoms with Crippen molar-refractivity contribution < 1.29 is 19.7 Å². The summed E-state index contributed by atoms with van der Waals surface area (Å²) in [5.41, 5.74) is 0.260. The van der Waals surface area contributed by atoms with Gasteiger partial charge in [-0.15, -0.1) is 0 Å². The van der Waals surface area contributed by atoms with Crippen molar-refractivity contribution in [1.82, 2.24) is 0 Å². The Hall–Kier alpha value is -0.870. The van der Waals surface area contributed by atoms with Gasteiger partial charge in [0.1, 0.15) is 12.2 Å². The number of hydrogen-bond acceptors (Lipinski definition) is 3. The summed E-state index contributed by atoms with van der Waals surface area (Å²) in [5, 5.41) is 17.8. The van der Waals surface area contributed by atoms with Gasteiger partial charge in [0, 0.05) is 12.0 Å². The molecule has 1 aliphatic carbocycles. The predicted molar refractivity (Wildman–Crippen MR) is 35.0 cm³/mol. The molecule has 0 aromatic heterocycles. The van der Waals surface area contributed by atoms with Crippen LogP contribution in [-0.2, 0) is 9.53 Å². The van der Waals surface area contributed by atoms with Gasteiger partial charge in [0.15, 0.2) is 0 Å². The maximum absolute atomic E-state index is 10.4. The van der Waals surface area contributed by atoms with Gasteiger partial charge in [0.2, 0.25) is 0 Å². The van der Waals surface area contributed by atoms with Gasteiger partial charge in [-0.2, -0.15) is 0 Å². The first-order chi connectivity index (χ1) is 5.18. The van der Waals surface area contributed by atoms with Crippen molar-refractivity contribution in [1.29, 1.82) is 0 Å². The number of carboxylic acids is 1. The minimum absolute atomic E-state index is 0.141. The monoisotopic (exact) mass is 156 g/mol. The van der Waals surface area contributed by atoms with Gasteiger partial charge in [-0.1, -0.05) is 0 Å². The Morgan fingerprint density at radius 1 is 1.73 bits per heavy atom. The maximum Gasteiger partial charge on any atom is 0.331 e. The smallest absolute Gasteiger partial charge is 0.331 e. The Morgan fingerprint density at radius 3 is 3.00 bits per heavy atom. The molecule has 2 rings (SSSR count). The molecule has 4 heteroatoms. The fraction of sp³-hybridized carbons (Fsp3) is 0.571. The summed E-state index contributed by atoms with van der Waals surface area (Å²) < 4.78 is 4.98. The molecule has 4 nitrogen and oxygen atoms in total. The van der Waals surface area contributed by atoms with Gasteiger partial charge in [0.05, 0.1) is 6.10 Å². The van der Waals surface area contributed by atoms with Crippen molar-refractivity contribution in [2.75, 3.05) is 0 Å². The number of aliphatic carboxylic acids is 1. The molecule has 0 aromatic rings. The fourth-order valence-corrected chi connectivity index (χ4v) is 1.35. The summed E-state index contributed by atoms with van der Waals surface area (Å²) in [6, 6.07) is 0. The first-order valence-corrected chi connectivity index (χ1v) is 3.46. The number of hydrogen-bond donors (Lipinski definition) is 2. The van der Waals surface area contributed by atoms with E-state index in [1.54, 1.807) is 6.08 Å². The number of aliphatic hydroxyl groups excluding tert-OH is 1. The van der Waals surface area contributed by atoms with E-state index in [1.165, 1.54) is 0 Å². The third-order valence-corrected chi connectivity index (χ3v) is 2.01. The SMILES string of the molecule is O=C(O)C1=CC2OC2C(O)C1. The largest absolute Gasteiger partial charge is 0.478 e. The lowest BCUT2D eigenvalue weighted by atomic mass is 9.97. The van der Waals surface area contributed by atoms with E-state index in [-0.39, 0.29) is 24.2 Å². The molecular weight excluding hydrogens is 148 g/mol. The summed E-state index contributed by atoms with van der Waals surface area (Å²) in [5.74, 6) is -0.960. The number of carbonyl (C=O) groups is 1. The molecule has 1 heterocycles. The Kier molecular flexibility index (Phi) is 1.27. The zero-order chi connectivity index (χ0) is 8.01. The van der Waals surface area contributed by atoms with Gasteiger partial charge in [0.25, 0.3) is 0 Å². The molecule has 11 heavy (non-hydrogen) atoms. The third-order valence-electron chi connectivity index (χ3n) is 2.01. The van der Waals surface area contributed by atoms with Crippen molar-refractivity contribution in [2.24, 2.45) is 0 Å². The molecular formula is C7H8O4. The molecule has 0 radical (unpaired) electrons. The molecule has 60 valence electrons. The Bertz CT molecular complexity index is 233. The molecule has 0 aromatic carbocycles. The summed E-state index contributed by atoms with van der Waals surface area (Å²) in [7, 11) is 0. The number of rotatable bonds is 1. The van der Waals surface area contributed by atoms with Crippen LogP contribution in [0.5, 0.6) is 0 Å². The normalized spacial score (nSPS) is 40.8. The number of aliphatic hydroxyl groups is 1. The van der Waals surface area contributed by atoms with E-state index in [9.17, 15) is 9.90 Å². The van der Waals surface area contributed by atoms with Crippen LogP contribution in [0.1, 0.15) is 6.42 Å². The fourth-order valence-electron chi connectivity index (χ4n) is 1.35. The zero-order valence-corrected chi connectivity index (χ0v) is 5.73. The van der Waals surface area contributed by atoms with Gasteiger partial charge < -0.3 is 14.9 Å². The average molecular weight is 156 g/mol. The zero-order valence-electron chi connectivity index (χ0n) is 5.73. The van der Waals surface area contributed by atoms with E-state index in [4.69, 9.17) is 9.84 Å². The Labute approximate surface area is 63.1 Å². The molecule has 0 spiro atoms. The molecule has 3 unspecified atom stereocenters. The highest BCUT2D eigenvalue weighted by Gasteiger charge is 2.47. The lowest BCUT2D eigenvalue weighted by Crippen LogP contribution is -2.23. The van der Waals surface area contributed by atoms with Crippen molar-refractivity contribution >= 4 is 5.97 Å². The van der Waals surface area contributed by atoms with Crippen LogP contribution in [0.15, 0.2) is 11.6 Å². The van der Waals surface area contributed by atoms with Gasteiger partial charge in [-0.25, -0.2) is 4.79 Å². The molecule has 0 bridgehead atoms. The Balaban J connectivity index is 2.17.